The Kier molecular flexibility index (Phi) is 5.28. The normalized spacial score (nSPS) is 15.4. The van der Waals surface area contributed by atoms with Gasteiger partial charge in [0.2, 0.25) is 5.82 Å². The number of hydrogen-bond acceptors (Lipinski definition) is 8. The van der Waals surface area contributed by atoms with Crippen LogP contribution in [0.3, 0.4) is 0 Å². The first-order valence-corrected chi connectivity index (χ1v) is 10.1. The molecule has 1 aliphatic rings. The summed E-state index contributed by atoms with van der Waals surface area (Å²) in [6.45, 7) is 3.11. The first-order chi connectivity index (χ1) is 15.7. The number of methoxy groups -OCH3 is 1. The molecule has 0 fully saturated rings. The summed E-state index contributed by atoms with van der Waals surface area (Å²) >= 11 is 0. The highest BCUT2D eigenvalue weighted by Crippen LogP contribution is 2.34. The van der Waals surface area contributed by atoms with Crippen LogP contribution in [0.25, 0.3) is 23.0 Å². The topological polar surface area (TPSA) is 97.3 Å². The molecule has 0 saturated carbocycles. The first kappa shape index (κ1) is 20.1. The Morgan fingerprint density at radius 1 is 1.16 bits per heavy atom. The second-order valence-corrected chi connectivity index (χ2v) is 7.14. The van der Waals surface area contributed by atoms with E-state index in [1.165, 1.54) is 12.1 Å². The van der Waals surface area contributed by atoms with E-state index in [1.54, 1.807) is 36.1 Å². The summed E-state index contributed by atoms with van der Waals surface area (Å²) in [6.07, 6.45) is -0.243. The van der Waals surface area contributed by atoms with Gasteiger partial charge in [0.15, 0.2) is 17.2 Å². The van der Waals surface area contributed by atoms with Gasteiger partial charge in [0, 0.05) is 5.56 Å². The van der Waals surface area contributed by atoms with Crippen LogP contribution in [0.4, 0.5) is 4.39 Å². The van der Waals surface area contributed by atoms with Crippen molar-refractivity contribution in [3.05, 3.63) is 59.5 Å². The maximum Gasteiger partial charge on any atom is 0.280 e. The molecule has 10 heteroatoms. The van der Waals surface area contributed by atoms with E-state index in [-0.39, 0.29) is 24.4 Å². The number of ether oxygens (including phenoxy) is 3. The Hall–Kier alpha value is -3.79. The molecule has 32 heavy (non-hydrogen) atoms. The minimum absolute atomic E-state index is 0.243. The van der Waals surface area contributed by atoms with Crippen LogP contribution in [0, 0.1) is 5.82 Å². The summed E-state index contributed by atoms with van der Waals surface area (Å²) in [7, 11) is 1.58. The van der Waals surface area contributed by atoms with Gasteiger partial charge in [-0.3, -0.25) is 0 Å². The highest BCUT2D eigenvalue weighted by molar-refractivity contribution is 5.63. The molecule has 4 aromatic rings. The van der Waals surface area contributed by atoms with Gasteiger partial charge in [-0.2, -0.15) is 4.98 Å². The van der Waals surface area contributed by atoms with Crippen LogP contribution in [0.1, 0.15) is 24.3 Å². The second kappa shape index (κ2) is 8.39. The Balaban J connectivity index is 1.39. The van der Waals surface area contributed by atoms with Gasteiger partial charge in [0.25, 0.3) is 5.89 Å². The van der Waals surface area contributed by atoms with Crippen LogP contribution in [0.2, 0.25) is 0 Å². The maximum atomic E-state index is 13.2. The van der Waals surface area contributed by atoms with E-state index < -0.39 is 0 Å². The molecule has 3 heterocycles. The van der Waals surface area contributed by atoms with E-state index in [0.29, 0.717) is 36.2 Å². The Bertz CT molecular complexity index is 1240. The minimum atomic E-state index is -0.286. The van der Waals surface area contributed by atoms with Crippen molar-refractivity contribution in [2.24, 2.45) is 0 Å². The summed E-state index contributed by atoms with van der Waals surface area (Å²) in [4.78, 5) is 4.49. The van der Waals surface area contributed by atoms with Gasteiger partial charge in [0.05, 0.1) is 32.6 Å². The van der Waals surface area contributed by atoms with Gasteiger partial charge < -0.3 is 18.7 Å². The fourth-order valence-electron chi connectivity index (χ4n) is 3.58. The van der Waals surface area contributed by atoms with E-state index in [9.17, 15) is 4.39 Å². The first-order valence-electron chi connectivity index (χ1n) is 10.1. The van der Waals surface area contributed by atoms with Gasteiger partial charge in [-0.05, 0) is 42.8 Å². The van der Waals surface area contributed by atoms with Gasteiger partial charge >= 0.3 is 0 Å². The molecule has 1 atom stereocenters. The minimum Gasteiger partial charge on any atom is -0.493 e. The van der Waals surface area contributed by atoms with Crippen LogP contribution in [0.5, 0.6) is 11.5 Å². The average Bonchev–Trinajstić information content (AvgIpc) is 3.46. The van der Waals surface area contributed by atoms with Crippen molar-refractivity contribution in [3.63, 3.8) is 0 Å². The van der Waals surface area contributed by atoms with Crippen molar-refractivity contribution in [2.45, 2.75) is 26.2 Å². The summed E-state index contributed by atoms with van der Waals surface area (Å²) in [6, 6.07) is 11.7. The Morgan fingerprint density at radius 2 is 2.00 bits per heavy atom. The highest BCUT2D eigenvalue weighted by Gasteiger charge is 2.28. The zero-order valence-electron chi connectivity index (χ0n) is 17.5. The molecule has 1 unspecified atom stereocenters. The molecule has 2 aromatic heterocycles. The van der Waals surface area contributed by atoms with Crippen LogP contribution < -0.4 is 9.47 Å². The number of nitrogens with zero attached hydrogens (tertiary/aromatic N) is 5. The molecule has 1 aliphatic heterocycles. The third-order valence-corrected chi connectivity index (χ3v) is 5.19. The molecular formula is C22H20FN5O4. The third kappa shape index (κ3) is 3.69. The molecule has 0 saturated heterocycles. The van der Waals surface area contributed by atoms with Crippen LogP contribution in [0.15, 0.2) is 47.0 Å². The number of aromatic nitrogens is 5. The number of halogens is 1. The van der Waals surface area contributed by atoms with Crippen molar-refractivity contribution in [1.82, 2.24) is 25.1 Å². The summed E-state index contributed by atoms with van der Waals surface area (Å²) < 4.78 is 37.3. The lowest BCUT2D eigenvalue weighted by Gasteiger charge is -2.24. The maximum absolute atomic E-state index is 13.2. The Labute approximate surface area is 182 Å². The lowest BCUT2D eigenvalue weighted by atomic mass is 10.1. The molecule has 0 radical (unpaired) electrons. The largest absolute Gasteiger partial charge is 0.493 e. The van der Waals surface area contributed by atoms with E-state index >= 15 is 0 Å². The summed E-state index contributed by atoms with van der Waals surface area (Å²) in [5.74, 6) is 1.58. The van der Waals surface area contributed by atoms with Gasteiger partial charge in [-0.25, -0.2) is 9.07 Å². The van der Waals surface area contributed by atoms with E-state index in [1.807, 2.05) is 13.0 Å². The zero-order chi connectivity index (χ0) is 22.1. The van der Waals surface area contributed by atoms with Gasteiger partial charge in [-0.15, -0.1) is 5.10 Å². The molecule has 0 aliphatic carbocycles. The standard InChI is InChI=1S/C22H20FN5O4/c1-3-30-18-10-14(6-9-17(18)29-2)21-24-22(32-26-21)20-16-12-31-19(11-28(16)27-25-20)13-4-7-15(23)8-5-13/h4-10,19H,3,11-12H2,1-2H3. The van der Waals surface area contributed by atoms with Crippen molar-refractivity contribution >= 4 is 0 Å². The van der Waals surface area contributed by atoms with Crippen LogP contribution in [-0.2, 0) is 17.9 Å². The van der Waals surface area contributed by atoms with Crippen LogP contribution in [-0.4, -0.2) is 38.9 Å². The summed E-state index contributed by atoms with van der Waals surface area (Å²) in [5.41, 5.74) is 2.81. The number of hydrogen-bond donors (Lipinski definition) is 0. The molecule has 0 amide bonds. The molecule has 0 N–H and O–H groups in total. The molecular weight excluding hydrogens is 417 g/mol. The fraction of sp³-hybridized carbons (Fsp3) is 0.273. The molecule has 5 rings (SSSR count). The van der Waals surface area contributed by atoms with E-state index in [2.05, 4.69) is 20.5 Å². The van der Waals surface area contributed by atoms with Crippen molar-refractivity contribution in [1.29, 1.82) is 0 Å². The second-order valence-electron chi connectivity index (χ2n) is 7.14. The van der Waals surface area contributed by atoms with E-state index in [4.69, 9.17) is 18.7 Å². The predicted octanol–water partition coefficient (Wildman–Crippen LogP) is 3.81. The Morgan fingerprint density at radius 3 is 2.78 bits per heavy atom. The zero-order valence-corrected chi connectivity index (χ0v) is 17.5. The molecule has 164 valence electrons. The molecule has 9 nitrogen and oxygen atoms in total. The van der Waals surface area contributed by atoms with Crippen molar-refractivity contribution in [3.8, 4) is 34.5 Å². The number of benzene rings is 2. The van der Waals surface area contributed by atoms with Crippen LogP contribution >= 0.6 is 0 Å². The molecule has 2 aromatic carbocycles. The number of rotatable bonds is 6. The quantitative estimate of drug-likeness (QED) is 0.449. The summed E-state index contributed by atoms with van der Waals surface area (Å²) in [5, 5.41) is 12.5. The van der Waals surface area contributed by atoms with Crippen molar-refractivity contribution < 1.29 is 23.1 Å². The molecule has 0 bridgehead atoms. The van der Waals surface area contributed by atoms with E-state index in [0.717, 1.165) is 16.8 Å². The fourth-order valence-corrected chi connectivity index (χ4v) is 3.58. The SMILES string of the molecule is CCOc1cc(-c2noc(-c3nnn4c3COC(c3ccc(F)cc3)C4)n2)ccc1OC. The molecule has 0 spiro atoms. The van der Waals surface area contributed by atoms with Gasteiger partial charge in [0.1, 0.15) is 11.9 Å². The number of fused-ring (bicyclic) bond motifs is 1. The lowest BCUT2D eigenvalue weighted by molar-refractivity contribution is -0.00120. The van der Waals surface area contributed by atoms with Gasteiger partial charge in [-0.1, -0.05) is 22.5 Å². The predicted molar refractivity (Wildman–Crippen MR) is 110 cm³/mol. The van der Waals surface area contributed by atoms with Crippen molar-refractivity contribution in [2.75, 3.05) is 13.7 Å². The highest BCUT2D eigenvalue weighted by atomic mass is 19.1. The average molecular weight is 437 g/mol. The smallest absolute Gasteiger partial charge is 0.280 e. The lowest BCUT2D eigenvalue weighted by Crippen LogP contribution is -2.22. The third-order valence-electron chi connectivity index (χ3n) is 5.19. The monoisotopic (exact) mass is 437 g/mol.